The first-order chi connectivity index (χ1) is 29.4. The van der Waals surface area contributed by atoms with Gasteiger partial charge in [-0.25, -0.2) is 0 Å². The van der Waals surface area contributed by atoms with Gasteiger partial charge in [0.2, 0.25) is 0 Å². The van der Waals surface area contributed by atoms with Gasteiger partial charge in [0.1, 0.15) is 67.1 Å². The molecule has 9 rings (SSSR count). The van der Waals surface area contributed by atoms with E-state index in [4.69, 9.17) is 37.9 Å². The van der Waals surface area contributed by atoms with Crippen molar-refractivity contribution < 1.29 is 83.9 Å². The molecular weight excluding hydrogens is 812 g/mol. The molecule has 17 heteroatoms. The number of fused-ring (bicyclic) bond motifs is 7. The van der Waals surface area contributed by atoms with Gasteiger partial charge in [-0.15, -0.1) is 0 Å². The fraction of sp³-hybridized carbons (Fsp3) is 0.956. The summed E-state index contributed by atoms with van der Waals surface area (Å²) in [5.41, 5.74) is 1.45. The lowest BCUT2D eigenvalue weighted by molar-refractivity contribution is -0.394. The summed E-state index contributed by atoms with van der Waals surface area (Å²) in [6.07, 6.45) is -12.4. The minimum Gasteiger partial charge on any atom is -0.394 e. The molecule has 0 amide bonds. The number of hydrogen-bond acceptors (Lipinski definition) is 17. The minimum absolute atomic E-state index is 0.0484. The third kappa shape index (κ3) is 7.49. The SMILES string of the molecule is C[C@@H]1CCC2(OC1)OC1CC3C4CC=C5C[C@@H](O[C@@H]6O[C@H](CO)[C@H](O)[C@H](O[C@@H]7O[C@H](CO)[C@@H](O)[C@H](O)[C@H]7O)[C@H]6O[C@@H]6O[C@@H](C)[C@H](O)[C@@H](O)[C@H]6O)CC[C@]5(C)C4CC[C@]3(C)C1[C@@H]2C. The van der Waals surface area contributed by atoms with Crippen molar-refractivity contribution in [1.82, 2.24) is 0 Å². The van der Waals surface area contributed by atoms with Crippen LogP contribution in [-0.2, 0) is 37.9 Å². The molecule has 0 aromatic rings. The van der Waals surface area contributed by atoms with Crippen molar-refractivity contribution in [2.24, 2.45) is 46.3 Å². The lowest BCUT2D eigenvalue weighted by Crippen LogP contribution is -2.67. The van der Waals surface area contributed by atoms with Gasteiger partial charge in [-0.3, -0.25) is 0 Å². The van der Waals surface area contributed by atoms with Crippen LogP contribution in [0, 0.1) is 46.3 Å². The second kappa shape index (κ2) is 17.3. The van der Waals surface area contributed by atoms with Gasteiger partial charge in [0, 0.05) is 12.3 Å². The zero-order valence-electron chi connectivity index (χ0n) is 36.6. The summed E-state index contributed by atoms with van der Waals surface area (Å²) in [6.45, 7) is 10.4. The van der Waals surface area contributed by atoms with Gasteiger partial charge in [0.05, 0.1) is 38.1 Å². The molecule has 1 spiro atoms. The predicted molar refractivity (Wildman–Crippen MR) is 214 cm³/mol. The van der Waals surface area contributed by atoms with Crippen molar-refractivity contribution in [1.29, 1.82) is 0 Å². The Labute approximate surface area is 363 Å². The highest BCUT2D eigenvalue weighted by atomic mass is 16.8. The highest BCUT2D eigenvalue weighted by molar-refractivity contribution is 5.26. The van der Waals surface area contributed by atoms with Crippen molar-refractivity contribution in [3.63, 3.8) is 0 Å². The standard InChI is InChI=1S/C45H72O17/c1-19-8-13-45(55-18-19)20(2)30-27(62-45)15-26-24-7-6-22-14-23(9-11-43(22,4)25(24)10-12-44(26,30)5)57-42-39(61-40-36(53)34(51)31(48)21(3)56-40)38(33(50)29(17-47)59-42)60-41-37(54)35(52)32(49)28(16-46)58-41/h6,19-21,23-42,46-54H,7-18H2,1-5H3/t19-,20+,21+,23+,24?,25?,26?,27?,28-,29-,30?,31+,32-,33+,34-,35+,36-,37-,38+,39-,40+,41+,42-,43+,44+,45?/m1/s1. The van der Waals surface area contributed by atoms with Crippen LogP contribution in [0.2, 0.25) is 0 Å². The molecule has 3 saturated carbocycles. The Morgan fingerprint density at radius 1 is 0.677 bits per heavy atom. The van der Waals surface area contributed by atoms with Gasteiger partial charge in [0.25, 0.3) is 0 Å². The fourth-order valence-corrected chi connectivity index (χ4v) is 14.0. The zero-order valence-corrected chi connectivity index (χ0v) is 36.6. The summed E-state index contributed by atoms with van der Waals surface area (Å²) < 4.78 is 50.3. The maximum absolute atomic E-state index is 11.6. The van der Waals surface area contributed by atoms with Crippen LogP contribution in [0.1, 0.15) is 92.4 Å². The van der Waals surface area contributed by atoms with E-state index in [9.17, 15) is 46.0 Å². The van der Waals surface area contributed by atoms with Gasteiger partial charge in [-0.2, -0.15) is 0 Å². The molecule has 0 radical (unpaired) electrons. The Morgan fingerprint density at radius 2 is 1.34 bits per heavy atom. The highest BCUT2D eigenvalue weighted by Crippen LogP contribution is 2.70. The Morgan fingerprint density at radius 3 is 2.03 bits per heavy atom. The molecule has 0 aromatic heterocycles. The smallest absolute Gasteiger partial charge is 0.187 e. The molecule has 0 bridgehead atoms. The molecule has 5 heterocycles. The Bertz CT molecular complexity index is 1610. The van der Waals surface area contributed by atoms with Crippen molar-refractivity contribution in [2.75, 3.05) is 19.8 Å². The zero-order chi connectivity index (χ0) is 44.2. The fourth-order valence-electron chi connectivity index (χ4n) is 14.0. The summed E-state index contributed by atoms with van der Waals surface area (Å²) in [4.78, 5) is 0. The molecule has 62 heavy (non-hydrogen) atoms. The first kappa shape index (κ1) is 46.2. The second-order valence-electron chi connectivity index (χ2n) is 21.1. The minimum atomic E-state index is -1.84. The van der Waals surface area contributed by atoms with Gasteiger partial charge >= 0.3 is 0 Å². The molecule has 5 saturated heterocycles. The third-order valence-corrected chi connectivity index (χ3v) is 17.7. The van der Waals surface area contributed by atoms with E-state index < -0.39 is 117 Å². The Balaban J connectivity index is 0.940. The largest absolute Gasteiger partial charge is 0.394 e. The van der Waals surface area contributed by atoms with E-state index in [0.717, 1.165) is 51.6 Å². The van der Waals surface area contributed by atoms with Crippen LogP contribution in [0.25, 0.3) is 0 Å². The number of rotatable bonds is 8. The first-order valence-electron chi connectivity index (χ1n) is 23.4. The number of aliphatic hydroxyl groups is 9. The maximum atomic E-state index is 11.6. The summed E-state index contributed by atoms with van der Waals surface area (Å²) in [5, 5.41) is 95.8. The molecule has 4 aliphatic carbocycles. The molecule has 6 unspecified atom stereocenters. The van der Waals surface area contributed by atoms with E-state index >= 15 is 0 Å². The van der Waals surface area contributed by atoms with Crippen LogP contribution in [0.15, 0.2) is 11.6 Å². The number of aliphatic hydroxyl groups excluding tert-OH is 9. The average Bonchev–Trinajstić information content (AvgIpc) is 3.70. The van der Waals surface area contributed by atoms with Gasteiger partial charge in [-0.05, 0) is 98.7 Å². The molecule has 5 aliphatic heterocycles. The average molecular weight is 885 g/mol. The highest BCUT2D eigenvalue weighted by Gasteiger charge is 2.69. The van der Waals surface area contributed by atoms with Crippen LogP contribution in [0.5, 0.6) is 0 Å². The number of allylic oxidation sites excluding steroid dienone is 1. The van der Waals surface area contributed by atoms with E-state index in [2.05, 4.69) is 33.8 Å². The second-order valence-corrected chi connectivity index (χ2v) is 21.1. The molecule has 26 atom stereocenters. The van der Waals surface area contributed by atoms with E-state index in [1.54, 1.807) is 0 Å². The van der Waals surface area contributed by atoms with E-state index in [1.807, 2.05) is 0 Å². The van der Waals surface area contributed by atoms with Gasteiger partial charge in [-0.1, -0.05) is 39.3 Å². The Hall–Kier alpha value is -0.940. The molecule has 17 nitrogen and oxygen atoms in total. The molecular formula is C45H72O17. The van der Waals surface area contributed by atoms with E-state index in [-0.39, 0.29) is 16.9 Å². The van der Waals surface area contributed by atoms with Crippen LogP contribution in [0.3, 0.4) is 0 Å². The van der Waals surface area contributed by atoms with Crippen molar-refractivity contribution in [3.05, 3.63) is 11.6 Å². The summed E-state index contributed by atoms with van der Waals surface area (Å²) >= 11 is 0. The summed E-state index contributed by atoms with van der Waals surface area (Å²) in [6, 6.07) is 0. The topological polar surface area (TPSA) is 256 Å². The maximum Gasteiger partial charge on any atom is 0.187 e. The van der Waals surface area contributed by atoms with Crippen molar-refractivity contribution in [2.45, 2.75) is 203 Å². The van der Waals surface area contributed by atoms with Gasteiger partial charge in [0.15, 0.2) is 24.7 Å². The molecule has 0 aromatic carbocycles. The van der Waals surface area contributed by atoms with Crippen molar-refractivity contribution in [3.8, 4) is 0 Å². The first-order valence-corrected chi connectivity index (χ1v) is 23.4. The van der Waals surface area contributed by atoms with Crippen molar-refractivity contribution >= 4 is 0 Å². The summed E-state index contributed by atoms with van der Waals surface area (Å²) in [5.74, 6) is 2.52. The Kier molecular flexibility index (Phi) is 12.9. The summed E-state index contributed by atoms with van der Waals surface area (Å²) in [7, 11) is 0. The van der Waals surface area contributed by atoms with Crippen LogP contribution >= 0.6 is 0 Å². The van der Waals surface area contributed by atoms with E-state index in [1.165, 1.54) is 12.5 Å². The van der Waals surface area contributed by atoms with Crippen LogP contribution in [-0.4, -0.2) is 176 Å². The number of hydrogen-bond donors (Lipinski definition) is 9. The third-order valence-electron chi connectivity index (χ3n) is 17.7. The quantitative estimate of drug-likeness (QED) is 0.148. The molecule has 9 N–H and O–H groups in total. The lowest BCUT2D eigenvalue weighted by Gasteiger charge is -2.59. The van der Waals surface area contributed by atoms with Gasteiger partial charge < -0.3 is 83.9 Å². The molecule has 354 valence electrons. The predicted octanol–water partition coefficient (Wildman–Crippen LogP) is 0.214. The van der Waals surface area contributed by atoms with Crippen LogP contribution in [0.4, 0.5) is 0 Å². The normalized spacial score (nSPS) is 57.6. The van der Waals surface area contributed by atoms with Crippen LogP contribution < -0.4 is 0 Å². The lowest BCUT2D eigenvalue weighted by atomic mass is 9.47. The number of ether oxygens (including phenoxy) is 8. The van der Waals surface area contributed by atoms with E-state index in [0.29, 0.717) is 48.3 Å². The molecule has 8 fully saturated rings. The monoisotopic (exact) mass is 884 g/mol. The molecule has 9 aliphatic rings.